The van der Waals surface area contributed by atoms with E-state index in [0.29, 0.717) is 12.2 Å². The number of rotatable bonds is 5. The molecular weight excluding hydrogens is 290 g/mol. The Balaban J connectivity index is 1.71. The Morgan fingerprint density at radius 1 is 0.913 bits per heavy atom. The van der Waals surface area contributed by atoms with Crippen molar-refractivity contribution >= 4 is 17.6 Å². The summed E-state index contributed by atoms with van der Waals surface area (Å²) in [6, 6.07) is 15.0. The summed E-state index contributed by atoms with van der Waals surface area (Å²) in [6.45, 7) is 4.34. The van der Waals surface area contributed by atoms with Crippen LogP contribution >= 0.6 is 0 Å². The molecule has 5 heteroatoms. The Morgan fingerprint density at radius 3 is 2.35 bits per heavy atom. The minimum atomic E-state index is -0.402. The molecule has 2 aromatic rings. The van der Waals surface area contributed by atoms with Crippen molar-refractivity contribution in [3.05, 3.63) is 65.2 Å². The first kappa shape index (κ1) is 16.5. The molecule has 0 spiro atoms. The minimum absolute atomic E-state index is 0.0660. The Kier molecular flexibility index (Phi) is 5.74. The maximum Gasteiger partial charge on any atom is 0.319 e. The van der Waals surface area contributed by atoms with Gasteiger partial charge in [0.05, 0.1) is 6.54 Å². The van der Waals surface area contributed by atoms with Gasteiger partial charge in [0, 0.05) is 12.2 Å². The summed E-state index contributed by atoms with van der Waals surface area (Å²) >= 11 is 0. The third-order valence-electron chi connectivity index (χ3n) is 3.30. The first-order valence-corrected chi connectivity index (χ1v) is 7.47. The number of carbonyl (C=O) groups is 2. The molecule has 0 saturated heterocycles. The molecule has 0 unspecified atom stereocenters. The molecule has 3 amide bonds. The highest BCUT2D eigenvalue weighted by Gasteiger charge is 2.05. The highest BCUT2D eigenvalue weighted by atomic mass is 16.2. The van der Waals surface area contributed by atoms with E-state index in [1.807, 2.05) is 56.3 Å². The number of hydrogen-bond donors (Lipinski definition) is 3. The molecule has 0 atom stereocenters. The molecule has 0 aliphatic heterocycles. The van der Waals surface area contributed by atoms with Crippen LogP contribution in [0.1, 0.15) is 16.7 Å². The lowest BCUT2D eigenvalue weighted by Crippen LogP contribution is -2.38. The summed E-state index contributed by atoms with van der Waals surface area (Å²) in [5.74, 6) is -0.232. The second-order valence-corrected chi connectivity index (χ2v) is 5.44. The molecule has 0 saturated carbocycles. The van der Waals surface area contributed by atoms with Gasteiger partial charge in [0.2, 0.25) is 5.91 Å². The van der Waals surface area contributed by atoms with Crippen LogP contribution in [0.3, 0.4) is 0 Å². The van der Waals surface area contributed by atoms with Gasteiger partial charge in [-0.3, -0.25) is 4.79 Å². The smallest absolute Gasteiger partial charge is 0.319 e. The second-order valence-electron chi connectivity index (χ2n) is 5.44. The molecule has 0 fully saturated rings. The molecule has 0 aliphatic rings. The molecule has 0 bridgehead atoms. The molecule has 2 aromatic carbocycles. The number of carbonyl (C=O) groups excluding carboxylic acids is 2. The number of nitrogens with one attached hydrogen (secondary N) is 3. The van der Waals surface area contributed by atoms with Gasteiger partial charge in [-0.05, 0) is 37.1 Å². The van der Waals surface area contributed by atoms with E-state index in [9.17, 15) is 9.59 Å². The highest BCUT2D eigenvalue weighted by molar-refractivity contribution is 5.92. The van der Waals surface area contributed by atoms with Gasteiger partial charge in [0.15, 0.2) is 0 Å². The monoisotopic (exact) mass is 311 g/mol. The fourth-order valence-corrected chi connectivity index (χ4v) is 2.03. The molecule has 23 heavy (non-hydrogen) atoms. The summed E-state index contributed by atoms with van der Waals surface area (Å²) in [6.07, 6.45) is 0. The fourth-order valence-electron chi connectivity index (χ4n) is 2.03. The van der Waals surface area contributed by atoms with E-state index in [-0.39, 0.29) is 12.5 Å². The van der Waals surface area contributed by atoms with Crippen LogP contribution in [0.25, 0.3) is 0 Å². The zero-order chi connectivity index (χ0) is 16.7. The van der Waals surface area contributed by atoms with Crippen LogP contribution in [-0.2, 0) is 11.3 Å². The van der Waals surface area contributed by atoms with Crippen molar-refractivity contribution in [1.29, 1.82) is 0 Å². The summed E-state index contributed by atoms with van der Waals surface area (Å²) in [4.78, 5) is 23.5. The van der Waals surface area contributed by atoms with Gasteiger partial charge in [-0.15, -0.1) is 0 Å². The molecule has 0 heterocycles. The van der Waals surface area contributed by atoms with Crippen LogP contribution in [0, 0.1) is 13.8 Å². The Bertz CT molecular complexity index is 681. The summed E-state index contributed by atoms with van der Waals surface area (Å²) in [5.41, 5.74) is 3.95. The number of benzene rings is 2. The van der Waals surface area contributed by atoms with E-state index in [2.05, 4.69) is 16.0 Å². The van der Waals surface area contributed by atoms with Crippen LogP contribution < -0.4 is 16.0 Å². The van der Waals surface area contributed by atoms with Gasteiger partial charge < -0.3 is 16.0 Å². The zero-order valence-electron chi connectivity index (χ0n) is 13.3. The van der Waals surface area contributed by atoms with Crippen molar-refractivity contribution in [1.82, 2.24) is 10.6 Å². The van der Waals surface area contributed by atoms with E-state index in [1.54, 1.807) is 6.07 Å². The highest BCUT2D eigenvalue weighted by Crippen LogP contribution is 2.08. The van der Waals surface area contributed by atoms with Gasteiger partial charge in [-0.1, -0.05) is 42.0 Å². The quantitative estimate of drug-likeness (QED) is 0.794. The number of anilines is 1. The zero-order valence-corrected chi connectivity index (χ0v) is 13.3. The van der Waals surface area contributed by atoms with Gasteiger partial charge in [0.1, 0.15) is 0 Å². The van der Waals surface area contributed by atoms with Crippen molar-refractivity contribution in [3.63, 3.8) is 0 Å². The number of hydrogen-bond acceptors (Lipinski definition) is 2. The molecular formula is C18H21N3O2. The maximum atomic E-state index is 11.7. The molecule has 120 valence electrons. The standard InChI is InChI=1S/C18H21N3O2/c1-13-6-8-15(9-7-13)11-19-17(22)12-20-18(23)21-16-5-3-4-14(2)10-16/h3-10H,11-12H2,1-2H3,(H,19,22)(H2,20,21,23). The van der Waals surface area contributed by atoms with Gasteiger partial charge in [-0.2, -0.15) is 0 Å². The predicted molar refractivity (Wildman–Crippen MR) is 91.2 cm³/mol. The normalized spacial score (nSPS) is 10.0. The van der Waals surface area contributed by atoms with E-state index in [4.69, 9.17) is 0 Å². The topological polar surface area (TPSA) is 70.2 Å². The van der Waals surface area contributed by atoms with Crippen LogP contribution in [0.2, 0.25) is 0 Å². The Morgan fingerprint density at radius 2 is 1.65 bits per heavy atom. The average Bonchev–Trinajstić information content (AvgIpc) is 2.52. The molecule has 0 radical (unpaired) electrons. The Labute approximate surface area is 136 Å². The maximum absolute atomic E-state index is 11.7. The van der Waals surface area contributed by atoms with Gasteiger partial charge in [0.25, 0.3) is 0 Å². The lowest BCUT2D eigenvalue weighted by Gasteiger charge is -2.09. The molecule has 5 nitrogen and oxygen atoms in total. The number of aryl methyl sites for hydroxylation is 2. The summed E-state index contributed by atoms with van der Waals surface area (Å²) < 4.78 is 0. The van der Waals surface area contributed by atoms with Crippen molar-refractivity contribution in [2.24, 2.45) is 0 Å². The molecule has 2 rings (SSSR count). The third kappa shape index (κ3) is 5.82. The summed E-state index contributed by atoms with van der Waals surface area (Å²) in [7, 11) is 0. The Hall–Kier alpha value is -2.82. The van der Waals surface area contributed by atoms with E-state index < -0.39 is 6.03 Å². The third-order valence-corrected chi connectivity index (χ3v) is 3.30. The average molecular weight is 311 g/mol. The first-order chi connectivity index (χ1) is 11.0. The second kappa shape index (κ2) is 7.98. The van der Waals surface area contributed by atoms with E-state index in [0.717, 1.165) is 11.1 Å². The lowest BCUT2D eigenvalue weighted by atomic mass is 10.1. The SMILES string of the molecule is Cc1ccc(CNC(=O)CNC(=O)Nc2cccc(C)c2)cc1. The first-order valence-electron chi connectivity index (χ1n) is 7.47. The molecule has 3 N–H and O–H groups in total. The molecule has 0 aromatic heterocycles. The van der Waals surface area contributed by atoms with Gasteiger partial charge >= 0.3 is 6.03 Å². The van der Waals surface area contributed by atoms with E-state index in [1.165, 1.54) is 5.56 Å². The van der Waals surface area contributed by atoms with Crippen LogP contribution in [0.4, 0.5) is 10.5 Å². The molecule has 0 aliphatic carbocycles. The van der Waals surface area contributed by atoms with Crippen molar-refractivity contribution in [2.75, 3.05) is 11.9 Å². The fraction of sp³-hybridized carbons (Fsp3) is 0.222. The largest absolute Gasteiger partial charge is 0.350 e. The summed E-state index contributed by atoms with van der Waals surface area (Å²) in [5, 5.41) is 7.99. The minimum Gasteiger partial charge on any atom is -0.350 e. The van der Waals surface area contributed by atoms with Crippen molar-refractivity contribution in [2.45, 2.75) is 20.4 Å². The van der Waals surface area contributed by atoms with Gasteiger partial charge in [-0.25, -0.2) is 4.79 Å². The number of urea groups is 1. The van der Waals surface area contributed by atoms with Crippen LogP contribution in [0.15, 0.2) is 48.5 Å². The van der Waals surface area contributed by atoms with E-state index >= 15 is 0 Å². The number of amides is 3. The predicted octanol–water partition coefficient (Wildman–Crippen LogP) is 2.74. The van der Waals surface area contributed by atoms with Crippen LogP contribution in [0.5, 0.6) is 0 Å². The lowest BCUT2D eigenvalue weighted by molar-refractivity contribution is -0.120. The van der Waals surface area contributed by atoms with Crippen LogP contribution in [-0.4, -0.2) is 18.5 Å². The van der Waals surface area contributed by atoms with Crippen molar-refractivity contribution < 1.29 is 9.59 Å². The van der Waals surface area contributed by atoms with Crippen molar-refractivity contribution in [3.8, 4) is 0 Å².